The second kappa shape index (κ2) is 7.72. The molecule has 0 aromatic carbocycles. The van der Waals surface area contributed by atoms with E-state index in [2.05, 4.69) is 46.9 Å². The van der Waals surface area contributed by atoms with E-state index in [1.807, 2.05) is 0 Å². The molecule has 0 bridgehead atoms. The third-order valence-corrected chi connectivity index (χ3v) is 10.1. The van der Waals surface area contributed by atoms with Gasteiger partial charge in [-0.25, -0.2) is 0 Å². The van der Waals surface area contributed by atoms with Crippen molar-refractivity contribution in [1.82, 2.24) is 5.32 Å². The van der Waals surface area contributed by atoms with Crippen LogP contribution in [0.4, 0.5) is 0 Å². The molecule has 1 N–H and O–H groups in total. The topological polar surface area (TPSA) is 29.1 Å². The summed E-state index contributed by atoms with van der Waals surface area (Å²) >= 11 is 0. The molecular weight excluding hydrogens is 354 g/mol. The Morgan fingerprint density at radius 2 is 1.79 bits per heavy atom. The lowest BCUT2D eigenvalue weighted by Crippen LogP contribution is -2.59. The summed E-state index contributed by atoms with van der Waals surface area (Å²) < 4.78 is 0. The van der Waals surface area contributed by atoms with Crippen LogP contribution in [0.5, 0.6) is 0 Å². The fraction of sp³-hybridized carbons (Fsp3) is 0.889. The molecule has 1 amide bonds. The van der Waals surface area contributed by atoms with Crippen LogP contribution in [0.3, 0.4) is 0 Å². The van der Waals surface area contributed by atoms with Gasteiger partial charge in [0, 0.05) is 17.0 Å². The lowest BCUT2D eigenvalue weighted by Gasteiger charge is -2.58. The predicted octanol–water partition coefficient (Wildman–Crippen LogP) is 7.10. The summed E-state index contributed by atoms with van der Waals surface area (Å²) in [4.78, 5) is 13.4. The molecule has 29 heavy (non-hydrogen) atoms. The van der Waals surface area contributed by atoms with Crippen molar-refractivity contribution in [1.29, 1.82) is 0 Å². The molecule has 0 aromatic heterocycles. The van der Waals surface area contributed by atoms with Gasteiger partial charge in [-0.05, 0) is 86.9 Å². The molecule has 3 fully saturated rings. The first kappa shape index (κ1) is 21.4. The maximum atomic E-state index is 13.4. The van der Waals surface area contributed by atoms with Crippen LogP contribution < -0.4 is 5.32 Å². The minimum absolute atomic E-state index is 0.212. The summed E-state index contributed by atoms with van der Waals surface area (Å²) in [5.74, 6) is 4.21. The van der Waals surface area contributed by atoms with Gasteiger partial charge in [0.05, 0.1) is 0 Å². The van der Waals surface area contributed by atoms with Crippen molar-refractivity contribution in [3.63, 3.8) is 0 Å². The predicted molar refractivity (Wildman–Crippen MR) is 121 cm³/mol. The first-order chi connectivity index (χ1) is 13.7. The third kappa shape index (κ3) is 3.41. The number of hydrogen-bond acceptors (Lipinski definition) is 1. The number of carbonyl (C=O) groups is 1. The summed E-state index contributed by atoms with van der Waals surface area (Å²) in [6, 6.07) is 0. The van der Waals surface area contributed by atoms with Gasteiger partial charge < -0.3 is 5.32 Å². The molecule has 1 heterocycles. The Morgan fingerprint density at radius 3 is 2.52 bits per heavy atom. The second-order valence-electron chi connectivity index (χ2n) is 12.2. The van der Waals surface area contributed by atoms with Gasteiger partial charge in [-0.3, -0.25) is 4.79 Å². The van der Waals surface area contributed by atoms with Crippen molar-refractivity contribution in [2.24, 2.45) is 46.3 Å². The molecule has 1 aliphatic heterocycles. The molecule has 4 aliphatic rings. The van der Waals surface area contributed by atoms with Gasteiger partial charge >= 0.3 is 0 Å². The van der Waals surface area contributed by atoms with Gasteiger partial charge in [0.1, 0.15) is 0 Å². The molecule has 2 nitrogen and oxygen atoms in total. The molecule has 0 aromatic rings. The highest BCUT2D eigenvalue weighted by Gasteiger charge is 2.62. The number of piperidine rings is 1. The van der Waals surface area contributed by atoms with Gasteiger partial charge in [-0.1, -0.05) is 59.5 Å². The Kier molecular flexibility index (Phi) is 5.71. The van der Waals surface area contributed by atoms with Crippen LogP contribution in [0.15, 0.2) is 11.3 Å². The van der Waals surface area contributed by atoms with E-state index in [0.29, 0.717) is 23.2 Å². The van der Waals surface area contributed by atoms with Crippen LogP contribution >= 0.6 is 0 Å². The molecule has 0 radical (unpaired) electrons. The Labute approximate surface area is 179 Å². The molecule has 4 rings (SSSR count). The van der Waals surface area contributed by atoms with Crippen LogP contribution in [-0.2, 0) is 4.79 Å². The summed E-state index contributed by atoms with van der Waals surface area (Å²) in [6.45, 7) is 14.5. The first-order valence-corrected chi connectivity index (χ1v) is 12.7. The van der Waals surface area contributed by atoms with Gasteiger partial charge in [0.25, 0.3) is 0 Å². The highest BCUT2D eigenvalue weighted by molar-refractivity contribution is 5.83. The van der Waals surface area contributed by atoms with E-state index in [1.165, 1.54) is 75.5 Å². The van der Waals surface area contributed by atoms with E-state index < -0.39 is 0 Å². The van der Waals surface area contributed by atoms with E-state index in [-0.39, 0.29) is 11.3 Å². The lowest BCUT2D eigenvalue weighted by molar-refractivity contribution is -0.144. The molecule has 7 atom stereocenters. The molecule has 0 unspecified atom stereocenters. The molecule has 3 aliphatic carbocycles. The van der Waals surface area contributed by atoms with Crippen LogP contribution in [0.25, 0.3) is 0 Å². The fourth-order valence-electron chi connectivity index (χ4n) is 8.53. The molecular formula is C27H45NO. The van der Waals surface area contributed by atoms with Crippen molar-refractivity contribution in [2.45, 2.75) is 106 Å². The highest BCUT2D eigenvalue weighted by Crippen LogP contribution is 2.66. The minimum Gasteiger partial charge on any atom is -0.329 e. The van der Waals surface area contributed by atoms with Crippen molar-refractivity contribution in [3.05, 3.63) is 11.3 Å². The number of hydrogen-bond donors (Lipinski definition) is 1. The SMILES string of the molecule is CC1=C2NC(=O)[C@H]3[C@@H]4CC[C@H]([C@H](C)CCCC(C)C)[C@@]4(C)CC[C@@H]3[C@@]2(C)CCC1. The average molecular weight is 400 g/mol. The normalized spacial score (nSPS) is 42.9. The van der Waals surface area contributed by atoms with E-state index >= 15 is 0 Å². The summed E-state index contributed by atoms with van der Waals surface area (Å²) in [5, 5.41) is 3.47. The number of carbonyl (C=O) groups excluding carboxylic acids is 1. The Balaban J connectivity index is 1.55. The largest absolute Gasteiger partial charge is 0.329 e. The standard InChI is InChI=1S/C27H45NO/c1-17(2)9-7-10-18(3)20-12-13-21-23-22(14-16-26(20,21)5)27(6)15-8-11-19(4)24(27)28-25(23)29/h17-18,20-23H,7-16H2,1-6H3,(H,28,29)/t18-,20-,21+,22+,23+,26-,27-/m1/s1. The number of rotatable bonds is 5. The monoisotopic (exact) mass is 399 g/mol. The summed E-state index contributed by atoms with van der Waals surface area (Å²) in [7, 11) is 0. The maximum Gasteiger partial charge on any atom is 0.227 e. The smallest absolute Gasteiger partial charge is 0.227 e. The minimum atomic E-state index is 0.212. The third-order valence-electron chi connectivity index (χ3n) is 10.1. The molecule has 2 heteroatoms. The zero-order valence-electron chi connectivity index (χ0n) is 19.9. The fourth-order valence-corrected chi connectivity index (χ4v) is 8.53. The number of allylic oxidation sites excluding steroid dienone is 2. The van der Waals surface area contributed by atoms with Crippen LogP contribution in [-0.4, -0.2) is 5.91 Å². The van der Waals surface area contributed by atoms with E-state index in [1.54, 1.807) is 0 Å². The van der Waals surface area contributed by atoms with Crippen molar-refractivity contribution in [3.8, 4) is 0 Å². The number of amides is 1. The zero-order chi connectivity index (χ0) is 21.0. The lowest BCUT2D eigenvalue weighted by atomic mass is 9.48. The zero-order valence-corrected chi connectivity index (χ0v) is 19.9. The Hall–Kier alpha value is -0.790. The molecule has 164 valence electrons. The molecule has 1 saturated heterocycles. The van der Waals surface area contributed by atoms with Crippen LogP contribution in [0.1, 0.15) is 106 Å². The van der Waals surface area contributed by atoms with E-state index in [9.17, 15) is 4.79 Å². The average Bonchev–Trinajstić information content (AvgIpc) is 3.00. The van der Waals surface area contributed by atoms with Gasteiger partial charge in [0.15, 0.2) is 0 Å². The van der Waals surface area contributed by atoms with Gasteiger partial charge in [-0.2, -0.15) is 0 Å². The van der Waals surface area contributed by atoms with Crippen LogP contribution in [0.2, 0.25) is 0 Å². The highest BCUT2D eigenvalue weighted by atomic mass is 16.2. The van der Waals surface area contributed by atoms with Gasteiger partial charge in [0.2, 0.25) is 5.91 Å². The maximum absolute atomic E-state index is 13.4. The van der Waals surface area contributed by atoms with E-state index in [0.717, 1.165) is 17.8 Å². The summed E-state index contributed by atoms with van der Waals surface area (Å²) in [5.41, 5.74) is 3.34. The van der Waals surface area contributed by atoms with Crippen molar-refractivity contribution < 1.29 is 4.79 Å². The van der Waals surface area contributed by atoms with Crippen molar-refractivity contribution >= 4 is 5.91 Å². The van der Waals surface area contributed by atoms with Crippen LogP contribution in [0, 0.1) is 46.3 Å². The number of fused-ring (bicyclic) bond motifs is 5. The van der Waals surface area contributed by atoms with Gasteiger partial charge in [-0.15, -0.1) is 0 Å². The van der Waals surface area contributed by atoms with E-state index in [4.69, 9.17) is 0 Å². The number of nitrogens with one attached hydrogen (secondary N) is 1. The second-order valence-corrected chi connectivity index (χ2v) is 12.2. The molecule has 2 saturated carbocycles. The summed E-state index contributed by atoms with van der Waals surface area (Å²) in [6.07, 6.45) is 13.0. The Bertz CT molecular complexity index is 678. The first-order valence-electron chi connectivity index (χ1n) is 12.7. The Morgan fingerprint density at radius 1 is 1.03 bits per heavy atom. The quantitative estimate of drug-likeness (QED) is 0.525. The molecule has 0 spiro atoms. The van der Waals surface area contributed by atoms with Crippen molar-refractivity contribution in [2.75, 3.05) is 0 Å².